The van der Waals surface area contributed by atoms with Crippen molar-refractivity contribution < 1.29 is 29.2 Å². The molecule has 3 aromatic rings. The van der Waals surface area contributed by atoms with Gasteiger partial charge in [-0.15, -0.1) is 0 Å². The Balaban J connectivity index is 1.53. The Hall–Kier alpha value is -4.04. The minimum Gasteiger partial charge on any atom is -0.477 e. The molecule has 1 fully saturated rings. The number of carboxylic acids is 1. The molecule has 1 amide bonds. The highest BCUT2D eigenvalue weighted by Crippen LogP contribution is 2.48. The molecule has 0 unspecified atom stereocenters. The lowest BCUT2D eigenvalue weighted by molar-refractivity contribution is -0.671. The van der Waals surface area contributed by atoms with Crippen molar-refractivity contribution in [2.24, 2.45) is 13.0 Å². The van der Waals surface area contributed by atoms with Crippen LogP contribution in [0.4, 0.5) is 0 Å². The number of hydrogen-bond acceptors (Lipinski definition) is 4. The van der Waals surface area contributed by atoms with Gasteiger partial charge in [0.1, 0.15) is 24.6 Å². The van der Waals surface area contributed by atoms with E-state index in [1.54, 1.807) is 13.0 Å². The monoisotopic (exact) mass is 470 g/mol. The number of carbonyl (C=O) groups excluding carboxylic acids is 2. The van der Waals surface area contributed by atoms with Crippen LogP contribution in [-0.4, -0.2) is 49.5 Å². The van der Waals surface area contributed by atoms with Gasteiger partial charge in [-0.25, -0.2) is 13.9 Å². The van der Waals surface area contributed by atoms with Crippen LogP contribution in [0.1, 0.15) is 40.4 Å². The van der Waals surface area contributed by atoms with Crippen LogP contribution in [0.2, 0.25) is 0 Å². The van der Waals surface area contributed by atoms with E-state index in [0.717, 1.165) is 16.7 Å². The predicted octanol–water partition coefficient (Wildman–Crippen LogP) is 1.98. The number of benzene rings is 2. The summed E-state index contributed by atoms with van der Waals surface area (Å²) < 4.78 is 3.93. The number of aliphatic hydroxyl groups excluding tert-OH is 1. The summed E-state index contributed by atoms with van der Waals surface area (Å²) in [6.45, 7) is 2.05. The molecule has 35 heavy (non-hydrogen) atoms. The molecule has 2 aliphatic heterocycles. The number of hydrogen-bond donors (Lipinski definition) is 2. The highest BCUT2D eigenvalue weighted by Gasteiger charge is 2.56. The fourth-order valence-electron chi connectivity index (χ4n) is 5.86. The summed E-state index contributed by atoms with van der Waals surface area (Å²) in [4.78, 5) is 39.6. The maximum Gasteiger partial charge on any atom is 0.352 e. The van der Waals surface area contributed by atoms with Crippen molar-refractivity contribution in [1.29, 1.82) is 0 Å². The number of fused-ring (bicyclic) bond motifs is 4. The molecule has 8 nitrogen and oxygen atoms in total. The molecular weight excluding hydrogens is 446 g/mol. The van der Waals surface area contributed by atoms with Gasteiger partial charge >= 0.3 is 5.97 Å². The van der Waals surface area contributed by atoms with Crippen LogP contribution in [0.25, 0.3) is 16.7 Å². The SMILES string of the molecule is C[C@@H](O)[C@H]1C(=O)N2C(C(=O)O)=C(c3cc(Cn4cc[n+](C)c4)c4c(c3)C(=O)c3ccccc3-4)C[C@@H]12. The summed E-state index contributed by atoms with van der Waals surface area (Å²) in [5, 5.41) is 20.1. The first-order valence-electron chi connectivity index (χ1n) is 11.6. The molecule has 0 saturated carbocycles. The van der Waals surface area contributed by atoms with Crippen LogP contribution in [-0.2, 0) is 23.2 Å². The summed E-state index contributed by atoms with van der Waals surface area (Å²) in [5.74, 6) is -2.27. The van der Waals surface area contributed by atoms with Gasteiger partial charge in [-0.05, 0) is 42.2 Å². The second-order valence-corrected chi connectivity index (χ2v) is 9.56. The summed E-state index contributed by atoms with van der Waals surface area (Å²) in [7, 11) is 1.93. The number of aliphatic carboxylic acids is 1. The molecule has 176 valence electrons. The van der Waals surface area contributed by atoms with E-state index in [9.17, 15) is 24.6 Å². The van der Waals surface area contributed by atoms with E-state index in [0.29, 0.717) is 35.2 Å². The highest BCUT2D eigenvalue weighted by atomic mass is 16.4. The molecule has 0 radical (unpaired) electrons. The van der Waals surface area contributed by atoms with Gasteiger partial charge in [0.15, 0.2) is 5.78 Å². The Morgan fingerprint density at radius 1 is 1.17 bits per heavy atom. The Labute approximate surface area is 201 Å². The largest absolute Gasteiger partial charge is 0.477 e. The van der Waals surface area contributed by atoms with Crippen LogP contribution in [0.5, 0.6) is 0 Å². The van der Waals surface area contributed by atoms with Crippen molar-refractivity contribution in [3.8, 4) is 11.1 Å². The van der Waals surface area contributed by atoms with Crippen molar-refractivity contribution in [1.82, 2.24) is 9.47 Å². The molecule has 0 bridgehead atoms. The lowest BCUT2D eigenvalue weighted by Crippen LogP contribution is -2.61. The van der Waals surface area contributed by atoms with Crippen molar-refractivity contribution in [3.05, 3.63) is 83.1 Å². The van der Waals surface area contributed by atoms with Crippen LogP contribution in [0.3, 0.4) is 0 Å². The van der Waals surface area contributed by atoms with Gasteiger partial charge in [-0.1, -0.05) is 24.3 Å². The van der Waals surface area contributed by atoms with Crippen molar-refractivity contribution in [2.45, 2.75) is 32.0 Å². The predicted molar refractivity (Wildman–Crippen MR) is 125 cm³/mol. The van der Waals surface area contributed by atoms with Gasteiger partial charge in [0.2, 0.25) is 12.2 Å². The number of nitrogens with zero attached hydrogens (tertiary/aromatic N) is 3. The number of aromatic nitrogens is 2. The van der Waals surface area contributed by atoms with Crippen LogP contribution in [0.15, 0.2) is 60.8 Å². The fraction of sp³-hybridized carbons (Fsp3) is 0.259. The number of ketones is 1. The van der Waals surface area contributed by atoms with E-state index in [2.05, 4.69) is 0 Å². The molecule has 8 heteroatoms. The van der Waals surface area contributed by atoms with E-state index >= 15 is 0 Å². The summed E-state index contributed by atoms with van der Waals surface area (Å²) in [6, 6.07) is 10.8. The Morgan fingerprint density at radius 3 is 2.57 bits per heavy atom. The topological polar surface area (TPSA) is 104 Å². The summed E-state index contributed by atoms with van der Waals surface area (Å²) in [5.41, 5.74) is 4.89. The minimum absolute atomic E-state index is 0.0573. The number of aryl methyl sites for hydroxylation is 1. The van der Waals surface area contributed by atoms with E-state index in [-0.39, 0.29) is 17.4 Å². The lowest BCUT2D eigenvalue weighted by Gasteiger charge is -2.44. The molecule has 0 spiro atoms. The van der Waals surface area contributed by atoms with Gasteiger partial charge < -0.3 is 15.1 Å². The zero-order chi connectivity index (χ0) is 24.6. The molecule has 1 aliphatic carbocycles. The Morgan fingerprint density at radius 2 is 1.91 bits per heavy atom. The van der Waals surface area contributed by atoms with Crippen molar-refractivity contribution >= 4 is 23.2 Å². The molecular formula is C27H24N3O5+. The lowest BCUT2D eigenvalue weighted by atomic mass is 9.82. The van der Waals surface area contributed by atoms with E-state index in [1.165, 1.54) is 4.90 Å². The van der Waals surface area contributed by atoms with Crippen molar-refractivity contribution in [2.75, 3.05) is 0 Å². The molecule has 1 aromatic heterocycles. The van der Waals surface area contributed by atoms with E-state index in [1.807, 2.05) is 65.2 Å². The van der Waals surface area contributed by atoms with Crippen LogP contribution < -0.4 is 4.57 Å². The number of carboxylic acid groups (broad SMARTS) is 1. The highest BCUT2D eigenvalue weighted by molar-refractivity contribution is 6.22. The quantitative estimate of drug-likeness (QED) is 0.343. The zero-order valence-corrected chi connectivity index (χ0v) is 19.3. The Kier molecular flexibility index (Phi) is 4.59. The normalized spacial score (nSPS) is 21.1. The number of rotatable bonds is 5. The average molecular weight is 471 g/mol. The maximum absolute atomic E-state index is 13.4. The standard InChI is InChI=1S/C27H23N3O5/c1-14(31)22-21-11-19(24(27(34)35)30(21)26(22)33)15-9-16(12-29-8-7-28(2)13-29)23-17-5-3-4-6-18(17)25(32)20(23)10-15/h3-10,13-14,21-22,31H,11-12H2,1-2H3/p+1/t14-,21+,22-/m1/s1. The molecule has 1 saturated heterocycles. The number of β-lactam (4-membered cyclic amide) rings is 1. The number of imidazole rings is 1. The minimum atomic E-state index is -1.19. The van der Waals surface area contributed by atoms with Gasteiger partial charge in [0, 0.05) is 22.3 Å². The van der Waals surface area contributed by atoms with E-state index in [4.69, 9.17) is 0 Å². The first kappa shape index (κ1) is 21.5. The molecule has 3 aliphatic rings. The maximum atomic E-state index is 13.4. The Bertz CT molecular complexity index is 1480. The van der Waals surface area contributed by atoms with Crippen molar-refractivity contribution in [3.63, 3.8) is 0 Å². The third kappa shape index (κ3) is 3.03. The molecule has 2 aromatic carbocycles. The fourth-order valence-corrected chi connectivity index (χ4v) is 5.86. The summed E-state index contributed by atoms with van der Waals surface area (Å²) >= 11 is 0. The van der Waals surface area contributed by atoms with Gasteiger partial charge in [0.05, 0.1) is 25.1 Å². The third-order valence-corrected chi connectivity index (χ3v) is 7.36. The second-order valence-electron chi connectivity index (χ2n) is 9.56. The van der Waals surface area contributed by atoms with Gasteiger partial charge in [0.25, 0.3) is 0 Å². The van der Waals surface area contributed by atoms with Crippen LogP contribution >= 0.6 is 0 Å². The first-order valence-corrected chi connectivity index (χ1v) is 11.6. The second kappa shape index (κ2) is 7.48. The van der Waals surface area contributed by atoms with Gasteiger partial charge in [-0.2, -0.15) is 0 Å². The third-order valence-electron chi connectivity index (χ3n) is 7.36. The molecule has 3 heterocycles. The number of carbonyl (C=O) groups is 3. The van der Waals surface area contributed by atoms with Crippen LogP contribution in [0, 0.1) is 5.92 Å². The first-order chi connectivity index (χ1) is 16.8. The zero-order valence-electron chi connectivity index (χ0n) is 19.3. The molecule has 6 rings (SSSR count). The molecule has 2 N–H and O–H groups in total. The average Bonchev–Trinajstić information content (AvgIpc) is 3.46. The van der Waals surface area contributed by atoms with E-state index < -0.39 is 24.0 Å². The smallest absolute Gasteiger partial charge is 0.352 e. The molecule has 3 atom stereocenters. The summed E-state index contributed by atoms with van der Waals surface area (Å²) in [6.07, 6.45) is 5.27. The van der Waals surface area contributed by atoms with Gasteiger partial charge in [-0.3, -0.25) is 9.59 Å². The number of amides is 1. The number of aliphatic hydroxyl groups is 1.